The highest BCUT2D eigenvalue weighted by molar-refractivity contribution is 8.00. The number of nitrogens with two attached hydrogens (primary N) is 1. The maximum absolute atomic E-state index is 12.4. The van der Waals surface area contributed by atoms with Crippen LogP contribution in [0.4, 0.5) is 11.4 Å². The number of anilines is 1. The van der Waals surface area contributed by atoms with Gasteiger partial charge in [-0.3, -0.25) is 14.9 Å². The van der Waals surface area contributed by atoms with Crippen molar-refractivity contribution in [2.24, 2.45) is 0 Å². The molecule has 0 spiro atoms. The molecule has 0 bridgehead atoms. The van der Waals surface area contributed by atoms with Crippen LogP contribution in [0.1, 0.15) is 6.92 Å². The summed E-state index contributed by atoms with van der Waals surface area (Å²) in [6.45, 7) is 1.63. The van der Waals surface area contributed by atoms with Crippen molar-refractivity contribution in [3.8, 4) is 11.6 Å². The number of nitrogens with zero attached hydrogens (tertiary/aromatic N) is 4. The third-order valence-corrected chi connectivity index (χ3v) is 4.47. The van der Waals surface area contributed by atoms with Gasteiger partial charge in [0.2, 0.25) is 16.9 Å². The number of hydrogen-bond donors (Lipinski definition) is 2. The van der Waals surface area contributed by atoms with E-state index >= 15 is 0 Å². The fourth-order valence-corrected chi connectivity index (χ4v) is 2.89. The fourth-order valence-electron chi connectivity index (χ4n) is 2.12. The number of nitro benzene ring substituents is 1. The van der Waals surface area contributed by atoms with Crippen molar-refractivity contribution in [3.63, 3.8) is 0 Å². The van der Waals surface area contributed by atoms with E-state index in [-0.39, 0.29) is 11.4 Å². The number of furan rings is 1. The number of nitrogens with one attached hydrogen (secondary N) is 1. The lowest BCUT2D eigenvalue weighted by Gasteiger charge is -2.11. The zero-order valence-corrected chi connectivity index (χ0v) is 14.3. The quantitative estimate of drug-likeness (QED) is 0.289. The topological polar surface area (TPSA) is 142 Å². The van der Waals surface area contributed by atoms with Crippen molar-refractivity contribution in [1.82, 2.24) is 14.9 Å². The lowest BCUT2D eigenvalue weighted by Crippen LogP contribution is -2.24. The molecule has 0 saturated heterocycles. The van der Waals surface area contributed by atoms with Crippen molar-refractivity contribution >= 4 is 29.0 Å². The van der Waals surface area contributed by atoms with Crippen LogP contribution in [0.5, 0.6) is 0 Å². The summed E-state index contributed by atoms with van der Waals surface area (Å²) in [5, 5.41) is 21.2. The molecule has 2 heterocycles. The summed E-state index contributed by atoms with van der Waals surface area (Å²) in [6.07, 6.45) is 1.49. The van der Waals surface area contributed by atoms with Gasteiger partial charge in [0.25, 0.3) is 5.69 Å². The minimum Gasteiger partial charge on any atom is -0.461 e. The van der Waals surface area contributed by atoms with Gasteiger partial charge in [0.15, 0.2) is 5.76 Å². The van der Waals surface area contributed by atoms with Crippen LogP contribution in [0.15, 0.2) is 52.2 Å². The third kappa shape index (κ3) is 3.52. The molecule has 1 atom stereocenters. The second-order valence-corrected chi connectivity index (χ2v) is 6.49. The Balaban J connectivity index is 1.72. The summed E-state index contributed by atoms with van der Waals surface area (Å²) in [7, 11) is 0. The first-order valence-corrected chi connectivity index (χ1v) is 8.30. The fraction of sp³-hybridized carbons (Fsp3) is 0.133. The van der Waals surface area contributed by atoms with Crippen molar-refractivity contribution < 1.29 is 14.1 Å². The summed E-state index contributed by atoms with van der Waals surface area (Å²) in [6, 6.07) is 9.30. The molecule has 0 radical (unpaired) electrons. The molecule has 3 N–H and O–H groups in total. The van der Waals surface area contributed by atoms with Gasteiger partial charge in [-0.05, 0) is 25.1 Å². The van der Waals surface area contributed by atoms with Gasteiger partial charge in [0, 0.05) is 6.07 Å². The largest absolute Gasteiger partial charge is 0.461 e. The van der Waals surface area contributed by atoms with Crippen molar-refractivity contribution in [1.29, 1.82) is 0 Å². The van der Waals surface area contributed by atoms with Gasteiger partial charge < -0.3 is 15.6 Å². The zero-order chi connectivity index (χ0) is 18.7. The molecule has 134 valence electrons. The highest BCUT2D eigenvalue weighted by Crippen LogP contribution is 2.27. The monoisotopic (exact) mass is 374 g/mol. The molecule has 2 aromatic heterocycles. The number of carbonyl (C=O) groups excluding carboxylic acids is 1. The first kappa shape index (κ1) is 17.5. The number of amides is 1. The second kappa shape index (κ2) is 7.27. The molecule has 3 aromatic rings. The zero-order valence-electron chi connectivity index (χ0n) is 13.5. The van der Waals surface area contributed by atoms with E-state index in [0.717, 1.165) is 11.8 Å². The normalized spacial score (nSPS) is 11.9. The van der Waals surface area contributed by atoms with E-state index in [9.17, 15) is 14.9 Å². The first-order valence-electron chi connectivity index (χ1n) is 7.42. The van der Waals surface area contributed by atoms with Gasteiger partial charge in [-0.1, -0.05) is 23.9 Å². The standard InChI is InChI=1S/C15H14N6O4S/c1-9(14(22)17-10-5-2-3-6-11(10)21(23)24)26-15-19-18-13(20(15)16)12-7-4-8-25-12/h2-9H,16H2,1H3,(H,17,22). The van der Waals surface area contributed by atoms with E-state index in [1.54, 1.807) is 25.1 Å². The summed E-state index contributed by atoms with van der Waals surface area (Å²) >= 11 is 1.07. The Bertz CT molecular complexity index is 940. The lowest BCUT2D eigenvalue weighted by molar-refractivity contribution is -0.383. The molecule has 0 aliphatic carbocycles. The second-order valence-electron chi connectivity index (χ2n) is 5.18. The van der Waals surface area contributed by atoms with Crippen LogP contribution in [0.3, 0.4) is 0 Å². The van der Waals surface area contributed by atoms with Crippen LogP contribution in [-0.4, -0.2) is 31.0 Å². The van der Waals surface area contributed by atoms with Crippen molar-refractivity contribution in [3.05, 3.63) is 52.8 Å². The maximum Gasteiger partial charge on any atom is 0.292 e. The van der Waals surface area contributed by atoms with Gasteiger partial charge in [-0.15, -0.1) is 10.2 Å². The number of benzene rings is 1. The number of rotatable bonds is 6. The van der Waals surface area contributed by atoms with Gasteiger partial charge in [0.1, 0.15) is 5.69 Å². The number of para-hydroxylation sites is 2. The van der Waals surface area contributed by atoms with Crippen LogP contribution < -0.4 is 11.2 Å². The molecule has 26 heavy (non-hydrogen) atoms. The molecule has 11 heteroatoms. The van der Waals surface area contributed by atoms with E-state index in [1.807, 2.05) is 0 Å². The van der Waals surface area contributed by atoms with Gasteiger partial charge in [-0.25, -0.2) is 4.68 Å². The minimum absolute atomic E-state index is 0.125. The molecule has 0 fully saturated rings. The van der Waals surface area contributed by atoms with E-state index < -0.39 is 16.1 Å². The minimum atomic E-state index is -0.620. The third-order valence-electron chi connectivity index (χ3n) is 3.42. The van der Waals surface area contributed by atoms with E-state index in [0.29, 0.717) is 16.7 Å². The number of carbonyl (C=O) groups is 1. The first-order chi connectivity index (χ1) is 12.5. The van der Waals surface area contributed by atoms with Gasteiger partial charge in [-0.2, -0.15) is 0 Å². The van der Waals surface area contributed by atoms with Crippen LogP contribution in [0.2, 0.25) is 0 Å². The average molecular weight is 374 g/mol. The SMILES string of the molecule is CC(Sc1nnc(-c2ccco2)n1N)C(=O)Nc1ccccc1[N+](=O)[O-]. The van der Waals surface area contributed by atoms with Crippen LogP contribution in [-0.2, 0) is 4.79 Å². The molecule has 3 rings (SSSR count). The number of hydrogen-bond acceptors (Lipinski definition) is 8. The Labute approximate surface area is 151 Å². The Kier molecular flexibility index (Phi) is 4.89. The molecule has 1 aromatic carbocycles. The molecule has 0 aliphatic heterocycles. The number of nitrogen functional groups attached to an aromatic ring is 1. The number of thioether (sulfide) groups is 1. The summed E-state index contributed by atoms with van der Waals surface area (Å²) in [5.74, 6) is 6.30. The predicted octanol–water partition coefficient (Wildman–Crippen LogP) is 2.28. The molecular weight excluding hydrogens is 360 g/mol. The van der Waals surface area contributed by atoms with Crippen LogP contribution >= 0.6 is 11.8 Å². The van der Waals surface area contributed by atoms with Crippen LogP contribution in [0, 0.1) is 10.1 Å². The Morgan fingerprint density at radius 2 is 2.12 bits per heavy atom. The van der Waals surface area contributed by atoms with E-state index in [1.165, 1.54) is 29.1 Å². The molecular formula is C15H14N6O4S. The molecule has 0 aliphatic rings. The van der Waals surface area contributed by atoms with Crippen molar-refractivity contribution in [2.75, 3.05) is 11.2 Å². The summed E-state index contributed by atoms with van der Waals surface area (Å²) in [5.41, 5.74) is -0.0550. The Morgan fingerprint density at radius 3 is 2.81 bits per heavy atom. The number of nitro groups is 1. The summed E-state index contributed by atoms with van der Waals surface area (Å²) in [4.78, 5) is 22.8. The van der Waals surface area contributed by atoms with Gasteiger partial charge in [0.05, 0.1) is 16.4 Å². The maximum atomic E-state index is 12.4. The van der Waals surface area contributed by atoms with Crippen LogP contribution in [0.25, 0.3) is 11.6 Å². The summed E-state index contributed by atoms with van der Waals surface area (Å²) < 4.78 is 6.45. The lowest BCUT2D eigenvalue weighted by atomic mass is 10.2. The average Bonchev–Trinajstić information content (AvgIpc) is 3.25. The Morgan fingerprint density at radius 1 is 1.35 bits per heavy atom. The Hall–Kier alpha value is -3.34. The predicted molar refractivity (Wildman–Crippen MR) is 94.9 cm³/mol. The number of aromatic nitrogens is 3. The smallest absolute Gasteiger partial charge is 0.292 e. The van der Waals surface area contributed by atoms with E-state index in [4.69, 9.17) is 10.3 Å². The van der Waals surface area contributed by atoms with E-state index in [2.05, 4.69) is 15.5 Å². The highest BCUT2D eigenvalue weighted by Gasteiger charge is 2.23. The molecule has 1 unspecified atom stereocenters. The highest BCUT2D eigenvalue weighted by atomic mass is 32.2. The van der Waals surface area contributed by atoms with Crippen molar-refractivity contribution in [2.45, 2.75) is 17.3 Å². The van der Waals surface area contributed by atoms with Gasteiger partial charge >= 0.3 is 0 Å². The molecule has 1 amide bonds. The molecule has 0 saturated carbocycles. The molecule has 10 nitrogen and oxygen atoms in total.